The van der Waals surface area contributed by atoms with Crippen LogP contribution in [0.4, 0.5) is 5.82 Å². The van der Waals surface area contributed by atoms with Crippen molar-refractivity contribution in [3.05, 3.63) is 59.3 Å². The number of carboxylic acids is 1. The third-order valence-corrected chi connectivity index (χ3v) is 2.74. The molecule has 1 aromatic carbocycles. The first-order chi connectivity index (χ1) is 9.58. The standard InChI is InChI=1S/C14H13N3O3/c15-12-11(2-1-7-16-12)13(18)17-8-9-3-5-10(6-4-9)14(19)20/h1-7H,8H2,(H2,15,16)(H,17,18)(H,19,20). The molecule has 0 aliphatic carbocycles. The van der Waals surface area contributed by atoms with Gasteiger partial charge in [0.2, 0.25) is 0 Å². The van der Waals surface area contributed by atoms with Gasteiger partial charge in [-0.1, -0.05) is 12.1 Å². The molecule has 0 saturated heterocycles. The highest BCUT2D eigenvalue weighted by molar-refractivity contribution is 5.98. The van der Waals surface area contributed by atoms with E-state index < -0.39 is 5.97 Å². The Bertz CT molecular complexity index is 638. The summed E-state index contributed by atoms with van der Waals surface area (Å²) >= 11 is 0. The molecular formula is C14H13N3O3. The second-order valence-electron chi connectivity index (χ2n) is 4.12. The van der Waals surface area contributed by atoms with E-state index in [9.17, 15) is 9.59 Å². The average molecular weight is 271 g/mol. The van der Waals surface area contributed by atoms with E-state index in [4.69, 9.17) is 10.8 Å². The largest absolute Gasteiger partial charge is 0.478 e. The van der Waals surface area contributed by atoms with E-state index in [1.165, 1.54) is 18.3 Å². The second-order valence-corrected chi connectivity index (χ2v) is 4.12. The lowest BCUT2D eigenvalue weighted by Gasteiger charge is -2.07. The van der Waals surface area contributed by atoms with Gasteiger partial charge >= 0.3 is 5.97 Å². The molecule has 0 atom stereocenters. The van der Waals surface area contributed by atoms with Gasteiger partial charge in [-0.2, -0.15) is 0 Å². The third-order valence-electron chi connectivity index (χ3n) is 2.74. The van der Waals surface area contributed by atoms with Gasteiger partial charge < -0.3 is 16.2 Å². The van der Waals surface area contributed by atoms with Gasteiger partial charge in [0.05, 0.1) is 11.1 Å². The van der Waals surface area contributed by atoms with E-state index in [0.29, 0.717) is 5.56 Å². The van der Waals surface area contributed by atoms with Crippen molar-refractivity contribution in [2.24, 2.45) is 0 Å². The Kier molecular flexibility index (Phi) is 3.95. The molecule has 0 aliphatic heterocycles. The first-order valence-corrected chi connectivity index (χ1v) is 5.89. The lowest BCUT2D eigenvalue weighted by molar-refractivity contribution is 0.0696. The van der Waals surface area contributed by atoms with Gasteiger partial charge in [-0.25, -0.2) is 9.78 Å². The first-order valence-electron chi connectivity index (χ1n) is 5.89. The number of nitrogens with two attached hydrogens (primary N) is 1. The highest BCUT2D eigenvalue weighted by Crippen LogP contribution is 2.08. The van der Waals surface area contributed by atoms with Crippen LogP contribution in [0.15, 0.2) is 42.6 Å². The molecule has 0 bridgehead atoms. The maximum absolute atomic E-state index is 11.9. The maximum Gasteiger partial charge on any atom is 0.335 e. The van der Waals surface area contributed by atoms with Crippen molar-refractivity contribution in [1.29, 1.82) is 0 Å². The number of benzene rings is 1. The molecule has 0 spiro atoms. The van der Waals surface area contributed by atoms with Crippen molar-refractivity contribution < 1.29 is 14.7 Å². The Morgan fingerprint density at radius 2 is 1.90 bits per heavy atom. The number of nitrogen functional groups attached to an aromatic ring is 1. The number of amides is 1. The molecule has 1 amide bonds. The minimum absolute atomic E-state index is 0.172. The molecule has 6 nitrogen and oxygen atoms in total. The number of nitrogens with zero attached hydrogens (tertiary/aromatic N) is 1. The summed E-state index contributed by atoms with van der Waals surface area (Å²) in [6.07, 6.45) is 1.51. The van der Waals surface area contributed by atoms with Crippen LogP contribution >= 0.6 is 0 Å². The van der Waals surface area contributed by atoms with Gasteiger partial charge in [0.25, 0.3) is 5.91 Å². The number of anilines is 1. The van der Waals surface area contributed by atoms with Crippen LogP contribution < -0.4 is 11.1 Å². The number of aromatic nitrogens is 1. The molecule has 102 valence electrons. The Morgan fingerprint density at radius 1 is 1.20 bits per heavy atom. The smallest absolute Gasteiger partial charge is 0.335 e. The minimum Gasteiger partial charge on any atom is -0.478 e. The lowest BCUT2D eigenvalue weighted by atomic mass is 10.1. The summed E-state index contributed by atoms with van der Waals surface area (Å²) in [7, 11) is 0. The van der Waals surface area contributed by atoms with Crippen LogP contribution in [-0.4, -0.2) is 22.0 Å². The summed E-state index contributed by atoms with van der Waals surface area (Å²) in [4.78, 5) is 26.4. The minimum atomic E-state index is -0.983. The van der Waals surface area contributed by atoms with Crippen LogP contribution in [-0.2, 0) is 6.54 Å². The molecule has 6 heteroatoms. The zero-order chi connectivity index (χ0) is 14.5. The summed E-state index contributed by atoms with van der Waals surface area (Å²) in [5.41, 5.74) is 6.92. The summed E-state index contributed by atoms with van der Waals surface area (Å²) in [6, 6.07) is 9.50. The van der Waals surface area contributed by atoms with Crippen LogP contribution in [0.25, 0.3) is 0 Å². The van der Waals surface area contributed by atoms with E-state index in [0.717, 1.165) is 5.56 Å². The molecule has 0 aliphatic rings. The fraction of sp³-hybridized carbons (Fsp3) is 0.0714. The molecule has 1 heterocycles. The van der Waals surface area contributed by atoms with Gasteiger partial charge in [-0.3, -0.25) is 4.79 Å². The van der Waals surface area contributed by atoms with Crippen LogP contribution in [0.1, 0.15) is 26.3 Å². The molecule has 0 unspecified atom stereocenters. The second kappa shape index (κ2) is 5.83. The number of aromatic carboxylic acids is 1. The summed E-state index contributed by atoms with van der Waals surface area (Å²) in [6.45, 7) is 0.285. The van der Waals surface area contributed by atoms with Crippen molar-refractivity contribution in [3.8, 4) is 0 Å². The van der Waals surface area contributed by atoms with E-state index >= 15 is 0 Å². The predicted molar refractivity (Wildman–Crippen MR) is 73.2 cm³/mol. The number of carboxylic acid groups (broad SMARTS) is 1. The van der Waals surface area contributed by atoms with Crippen molar-refractivity contribution in [2.75, 3.05) is 5.73 Å². The number of hydrogen-bond acceptors (Lipinski definition) is 4. The lowest BCUT2D eigenvalue weighted by Crippen LogP contribution is -2.24. The molecule has 1 aromatic heterocycles. The zero-order valence-corrected chi connectivity index (χ0v) is 10.5. The van der Waals surface area contributed by atoms with E-state index in [-0.39, 0.29) is 23.8 Å². The van der Waals surface area contributed by atoms with Gasteiger partial charge in [-0.15, -0.1) is 0 Å². The van der Waals surface area contributed by atoms with Crippen molar-refractivity contribution in [3.63, 3.8) is 0 Å². The Labute approximate surface area is 115 Å². The first kappa shape index (κ1) is 13.5. The molecule has 2 aromatic rings. The quantitative estimate of drug-likeness (QED) is 0.777. The highest BCUT2D eigenvalue weighted by atomic mass is 16.4. The number of hydrogen-bond donors (Lipinski definition) is 3. The maximum atomic E-state index is 11.9. The van der Waals surface area contributed by atoms with Gasteiger partial charge in [0, 0.05) is 12.7 Å². The molecule has 0 fully saturated rings. The molecule has 0 saturated carbocycles. The molecular weight excluding hydrogens is 258 g/mol. The number of nitrogens with one attached hydrogen (secondary N) is 1. The van der Waals surface area contributed by atoms with Gasteiger partial charge in [0.15, 0.2) is 0 Å². The SMILES string of the molecule is Nc1ncccc1C(=O)NCc1ccc(C(=O)O)cc1. The van der Waals surface area contributed by atoms with E-state index in [1.54, 1.807) is 24.3 Å². The Balaban J connectivity index is 2.00. The van der Waals surface area contributed by atoms with Crippen LogP contribution in [0.2, 0.25) is 0 Å². The average Bonchev–Trinajstić information content (AvgIpc) is 2.45. The highest BCUT2D eigenvalue weighted by Gasteiger charge is 2.09. The Hall–Kier alpha value is -2.89. The fourth-order valence-corrected chi connectivity index (χ4v) is 1.65. The molecule has 4 N–H and O–H groups in total. The summed E-state index contributed by atoms with van der Waals surface area (Å²) in [5.74, 6) is -1.13. The predicted octanol–water partition coefficient (Wildman–Crippen LogP) is 1.29. The monoisotopic (exact) mass is 271 g/mol. The van der Waals surface area contributed by atoms with Crippen LogP contribution in [0.3, 0.4) is 0 Å². The summed E-state index contributed by atoms with van der Waals surface area (Å²) in [5, 5.41) is 11.5. The fourth-order valence-electron chi connectivity index (χ4n) is 1.65. The Morgan fingerprint density at radius 3 is 2.50 bits per heavy atom. The van der Waals surface area contributed by atoms with E-state index in [1.807, 2.05) is 0 Å². The van der Waals surface area contributed by atoms with E-state index in [2.05, 4.69) is 10.3 Å². The van der Waals surface area contributed by atoms with Crippen molar-refractivity contribution in [1.82, 2.24) is 10.3 Å². The van der Waals surface area contributed by atoms with Crippen LogP contribution in [0, 0.1) is 0 Å². The number of pyridine rings is 1. The topological polar surface area (TPSA) is 105 Å². The van der Waals surface area contributed by atoms with Gasteiger partial charge in [-0.05, 0) is 29.8 Å². The van der Waals surface area contributed by atoms with Gasteiger partial charge in [0.1, 0.15) is 5.82 Å². The van der Waals surface area contributed by atoms with Crippen molar-refractivity contribution in [2.45, 2.75) is 6.54 Å². The molecule has 20 heavy (non-hydrogen) atoms. The summed E-state index contributed by atoms with van der Waals surface area (Å²) < 4.78 is 0. The number of carbonyl (C=O) groups excluding carboxylic acids is 1. The normalized spacial score (nSPS) is 10.0. The number of rotatable bonds is 4. The van der Waals surface area contributed by atoms with Crippen LogP contribution in [0.5, 0.6) is 0 Å². The molecule has 2 rings (SSSR count). The zero-order valence-electron chi connectivity index (χ0n) is 10.5. The van der Waals surface area contributed by atoms with Crippen molar-refractivity contribution >= 4 is 17.7 Å². The number of carbonyl (C=O) groups is 2. The third kappa shape index (κ3) is 3.11. The molecule has 0 radical (unpaired) electrons.